The van der Waals surface area contributed by atoms with Gasteiger partial charge < -0.3 is 0 Å². The Labute approximate surface area is 170 Å². The molecule has 0 radical (unpaired) electrons. The average molecular weight is 379 g/mol. The molecule has 1 aliphatic rings. The van der Waals surface area contributed by atoms with Gasteiger partial charge in [-0.2, -0.15) is 0 Å². The third-order valence-electron chi connectivity index (χ3n) is 6.42. The van der Waals surface area contributed by atoms with Crippen LogP contribution in [-0.2, 0) is 6.42 Å². The molecule has 0 aliphatic heterocycles. The van der Waals surface area contributed by atoms with Crippen molar-refractivity contribution in [2.75, 3.05) is 0 Å². The molecule has 0 N–H and O–H groups in total. The first-order valence-corrected chi connectivity index (χ1v) is 11.2. The Hall–Kier alpha value is -1.89. The molecule has 0 unspecified atom stereocenters. The molecule has 0 aromatic heterocycles. The quantitative estimate of drug-likeness (QED) is 0.383. The zero-order valence-corrected chi connectivity index (χ0v) is 17.4. The minimum Gasteiger partial charge on any atom is -0.216 e. The Morgan fingerprint density at radius 2 is 1.50 bits per heavy atom. The largest absolute Gasteiger partial charge is 0.216 e. The van der Waals surface area contributed by atoms with Gasteiger partial charge in [0.2, 0.25) is 0 Å². The van der Waals surface area contributed by atoms with Gasteiger partial charge in [0.15, 0.2) is 0 Å². The van der Waals surface area contributed by atoms with Crippen LogP contribution in [0.5, 0.6) is 0 Å². The molecule has 1 fully saturated rings. The van der Waals surface area contributed by atoms with Crippen LogP contribution in [0.2, 0.25) is 0 Å². The molecular formula is C27H35F. The lowest BCUT2D eigenvalue weighted by Gasteiger charge is -2.28. The van der Waals surface area contributed by atoms with E-state index in [0.717, 1.165) is 18.8 Å². The first-order chi connectivity index (χ1) is 13.8. The minimum atomic E-state index is 0.688. The highest BCUT2D eigenvalue weighted by Gasteiger charge is 2.21. The number of halogens is 1. The maximum atomic E-state index is 12.1. The summed E-state index contributed by atoms with van der Waals surface area (Å²) in [6, 6.07) is 18.4. The lowest BCUT2D eigenvalue weighted by molar-refractivity contribution is 0.311. The molecule has 1 aliphatic carbocycles. The van der Waals surface area contributed by atoms with Crippen LogP contribution in [0.15, 0.2) is 60.9 Å². The molecule has 0 amide bonds. The molecule has 1 heteroatoms. The van der Waals surface area contributed by atoms with Crippen molar-refractivity contribution in [1.82, 2.24) is 0 Å². The smallest absolute Gasteiger partial charge is 0.0827 e. The molecular weight excluding hydrogens is 343 g/mol. The first-order valence-electron chi connectivity index (χ1n) is 11.2. The summed E-state index contributed by atoms with van der Waals surface area (Å²) in [5.74, 6) is 1.48. The molecule has 1 saturated carbocycles. The number of allylic oxidation sites excluding steroid dienone is 1. The standard InChI is InChI=1S/C27H35F/c1-2-3-4-7-22-9-13-24(14-10-22)26-17-19-27(20-18-26)25-15-11-23(12-16-25)8-5-6-21-28/h6,9-10,13-14,17-21,23,25H,2-5,7-8,11-12,15-16H2,1H3/b21-6+/t23-,25-. The maximum Gasteiger partial charge on any atom is 0.0827 e. The van der Waals surface area contributed by atoms with Crippen molar-refractivity contribution in [3.05, 3.63) is 72.1 Å². The van der Waals surface area contributed by atoms with E-state index in [1.54, 1.807) is 6.08 Å². The third-order valence-corrected chi connectivity index (χ3v) is 6.42. The monoisotopic (exact) mass is 378 g/mol. The van der Waals surface area contributed by atoms with Crippen molar-refractivity contribution in [3.8, 4) is 11.1 Å². The fourth-order valence-electron chi connectivity index (χ4n) is 4.57. The second kappa shape index (κ2) is 11.2. The Kier molecular flexibility index (Phi) is 8.33. The van der Waals surface area contributed by atoms with Crippen molar-refractivity contribution in [3.63, 3.8) is 0 Å². The van der Waals surface area contributed by atoms with Gasteiger partial charge in [0.05, 0.1) is 6.33 Å². The van der Waals surface area contributed by atoms with Crippen LogP contribution < -0.4 is 0 Å². The molecule has 3 rings (SSSR count). The van der Waals surface area contributed by atoms with E-state index in [1.165, 1.54) is 73.6 Å². The number of aryl methyl sites for hydroxylation is 1. The normalized spacial score (nSPS) is 19.9. The molecule has 0 nitrogen and oxygen atoms in total. The Morgan fingerprint density at radius 3 is 2.11 bits per heavy atom. The number of benzene rings is 2. The fourth-order valence-corrected chi connectivity index (χ4v) is 4.57. The SMILES string of the molecule is CCCCCc1ccc(-c2ccc([C@H]3CC[C@H](CC/C=C/F)CC3)cc2)cc1. The molecule has 28 heavy (non-hydrogen) atoms. The summed E-state index contributed by atoms with van der Waals surface area (Å²) in [6.07, 6.45) is 14.6. The fraction of sp³-hybridized carbons (Fsp3) is 0.481. The minimum absolute atomic E-state index is 0.688. The van der Waals surface area contributed by atoms with Gasteiger partial charge >= 0.3 is 0 Å². The average Bonchev–Trinajstić information content (AvgIpc) is 2.75. The van der Waals surface area contributed by atoms with Crippen LogP contribution in [0.4, 0.5) is 4.39 Å². The van der Waals surface area contributed by atoms with E-state index >= 15 is 0 Å². The molecule has 150 valence electrons. The number of rotatable bonds is 9. The van der Waals surface area contributed by atoms with Gasteiger partial charge in [-0.25, -0.2) is 4.39 Å². The predicted octanol–water partition coefficient (Wildman–Crippen LogP) is 8.62. The van der Waals surface area contributed by atoms with Crippen molar-refractivity contribution in [2.45, 2.75) is 77.0 Å². The van der Waals surface area contributed by atoms with Crippen LogP contribution in [0.25, 0.3) is 11.1 Å². The molecule has 0 atom stereocenters. The van der Waals surface area contributed by atoms with Gasteiger partial charge in [-0.15, -0.1) is 0 Å². The van der Waals surface area contributed by atoms with Crippen LogP contribution in [0.1, 0.15) is 81.8 Å². The summed E-state index contributed by atoms with van der Waals surface area (Å²) in [6.45, 7) is 2.26. The van der Waals surface area contributed by atoms with Crippen LogP contribution in [0.3, 0.4) is 0 Å². The maximum absolute atomic E-state index is 12.1. The summed E-state index contributed by atoms with van der Waals surface area (Å²) in [4.78, 5) is 0. The lowest BCUT2D eigenvalue weighted by Crippen LogP contribution is -2.13. The molecule has 0 saturated heterocycles. The highest BCUT2D eigenvalue weighted by atomic mass is 19.1. The number of hydrogen-bond acceptors (Lipinski definition) is 0. The van der Waals surface area contributed by atoms with Gasteiger partial charge in [0, 0.05) is 0 Å². The molecule has 0 spiro atoms. The number of hydrogen-bond donors (Lipinski definition) is 0. The summed E-state index contributed by atoms with van der Waals surface area (Å²) in [5.41, 5.74) is 5.57. The van der Waals surface area contributed by atoms with Crippen LogP contribution in [-0.4, -0.2) is 0 Å². The molecule has 2 aromatic carbocycles. The molecule has 0 heterocycles. The lowest BCUT2D eigenvalue weighted by atomic mass is 9.77. The Bertz CT molecular complexity index is 703. The van der Waals surface area contributed by atoms with E-state index in [-0.39, 0.29) is 0 Å². The topological polar surface area (TPSA) is 0 Å². The Morgan fingerprint density at radius 1 is 0.857 bits per heavy atom. The summed E-state index contributed by atoms with van der Waals surface area (Å²) >= 11 is 0. The summed E-state index contributed by atoms with van der Waals surface area (Å²) in [7, 11) is 0. The van der Waals surface area contributed by atoms with E-state index in [4.69, 9.17) is 0 Å². The van der Waals surface area contributed by atoms with Crippen molar-refractivity contribution in [2.24, 2.45) is 5.92 Å². The van der Waals surface area contributed by atoms with E-state index in [0.29, 0.717) is 12.2 Å². The van der Waals surface area contributed by atoms with Gasteiger partial charge in [0.1, 0.15) is 0 Å². The van der Waals surface area contributed by atoms with Crippen LogP contribution in [0, 0.1) is 5.92 Å². The third kappa shape index (κ3) is 6.06. The highest BCUT2D eigenvalue weighted by molar-refractivity contribution is 5.64. The van der Waals surface area contributed by atoms with Gasteiger partial charge in [-0.3, -0.25) is 0 Å². The molecule has 2 aromatic rings. The van der Waals surface area contributed by atoms with Crippen LogP contribution >= 0.6 is 0 Å². The highest BCUT2D eigenvalue weighted by Crippen LogP contribution is 2.38. The van der Waals surface area contributed by atoms with Gasteiger partial charge in [-0.1, -0.05) is 74.4 Å². The summed E-state index contributed by atoms with van der Waals surface area (Å²) < 4.78 is 12.1. The Balaban J connectivity index is 1.52. The van der Waals surface area contributed by atoms with E-state index in [1.807, 2.05) is 0 Å². The summed E-state index contributed by atoms with van der Waals surface area (Å²) in [5, 5.41) is 0. The zero-order chi connectivity index (χ0) is 19.6. The van der Waals surface area contributed by atoms with E-state index in [9.17, 15) is 4.39 Å². The molecule has 0 bridgehead atoms. The van der Waals surface area contributed by atoms with Gasteiger partial charge in [-0.05, 0) is 85.5 Å². The van der Waals surface area contributed by atoms with Crippen molar-refractivity contribution in [1.29, 1.82) is 0 Å². The number of unbranched alkanes of at least 4 members (excludes halogenated alkanes) is 2. The van der Waals surface area contributed by atoms with Crippen molar-refractivity contribution < 1.29 is 4.39 Å². The first kappa shape index (κ1) is 20.8. The van der Waals surface area contributed by atoms with Crippen molar-refractivity contribution >= 4 is 0 Å². The zero-order valence-electron chi connectivity index (χ0n) is 17.4. The second-order valence-electron chi connectivity index (χ2n) is 8.43. The van der Waals surface area contributed by atoms with E-state index in [2.05, 4.69) is 55.5 Å². The second-order valence-corrected chi connectivity index (χ2v) is 8.43. The predicted molar refractivity (Wildman–Crippen MR) is 119 cm³/mol. The van der Waals surface area contributed by atoms with E-state index < -0.39 is 0 Å². The van der Waals surface area contributed by atoms with Gasteiger partial charge in [0.25, 0.3) is 0 Å².